The van der Waals surface area contributed by atoms with Crippen molar-refractivity contribution in [2.24, 2.45) is 0 Å². The van der Waals surface area contributed by atoms with Crippen LogP contribution in [0.3, 0.4) is 0 Å². The number of likely N-dealkylation sites (tertiary alicyclic amines) is 1. The molecule has 0 radical (unpaired) electrons. The van der Waals surface area contributed by atoms with Crippen molar-refractivity contribution >= 4 is 17.8 Å². The highest BCUT2D eigenvalue weighted by molar-refractivity contribution is 5.93. The van der Waals surface area contributed by atoms with Gasteiger partial charge in [0.25, 0.3) is 0 Å². The highest BCUT2D eigenvalue weighted by Crippen LogP contribution is 2.38. The van der Waals surface area contributed by atoms with Crippen molar-refractivity contribution in [2.45, 2.75) is 78.2 Å². The molecule has 2 heterocycles. The fourth-order valence-electron chi connectivity index (χ4n) is 4.87. The Bertz CT molecular complexity index is 988. The largest absolute Gasteiger partial charge is 0.339 e. The Balaban J connectivity index is 1.75. The molecule has 5 nitrogen and oxygen atoms in total. The van der Waals surface area contributed by atoms with Gasteiger partial charge in [0, 0.05) is 36.8 Å². The van der Waals surface area contributed by atoms with Gasteiger partial charge in [0.1, 0.15) is 5.78 Å². The molecule has 3 rings (SSSR count). The molecule has 5 heteroatoms. The third-order valence-electron chi connectivity index (χ3n) is 6.64. The Hall–Kier alpha value is -2.69. The Kier molecular flexibility index (Phi) is 7.06. The summed E-state index contributed by atoms with van der Waals surface area (Å²) in [7, 11) is 0. The van der Waals surface area contributed by atoms with E-state index in [1.54, 1.807) is 6.08 Å². The van der Waals surface area contributed by atoms with E-state index in [2.05, 4.69) is 38.0 Å². The maximum Gasteiger partial charge on any atom is 0.246 e. The van der Waals surface area contributed by atoms with Crippen LogP contribution in [0.5, 0.6) is 0 Å². The topological polar surface area (TPSA) is 55.2 Å². The van der Waals surface area contributed by atoms with Crippen LogP contribution in [0.1, 0.15) is 75.9 Å². The molecule has 0 N–H and O–H groups in total. The first-order valence-corrected chi connectivity index (χ1v) is 11.7. The van der Waals surface area contributed by atoms with Crippen molar-refractivity contribution in [3.05, 3.63) is 58.9 Å². The van der Waals surface area contributed by atoms with Crippen LogP contribution in [0.25, 0.3) is 6.08 Å². The number of aromatic nitrogens is 2. The van der Waals surface area contributed by atoms with Crippen molar-refractivity contribution in [2.75, 3.05) is 13.1 Å². The first-order chi connectivity index (χ1) is 15.1. The van der Waals surface area contributed by atoms with Crippen molar-refractivity contribution < 1.29 is 9.59 Å². The van der Waals surface area contributed by atoms with Crippen molar-refractivity contribution in [3.63, 3.8) is 0 Å². The number of benzene rings is 1. The van der Waals surface area contributed by atoms with Gasteiger partial charge < -0.3 is 4.90 Å². The minimum Gasteiger partial charge on any atom is -0.339 e. The summed E-state index contributed by atoms with van der Waals surface area (Å²) in [5.41, 5.74) is 3.49. The van der Waals surface area contributed by atoms with Gasteiger partial charge in [-0.2, -0.15) is 5.10 Å². The molecule has 32 heavy (non-hydrogen) atoms. The molecule has 0 atom stereocenters. The first kappa shape index (κ1) is 24.0. The van der Waals surface area contributed by atoms with Crippen LogP contribution in [0.2, 0.25) is 0 Å². The molecule has 0 unspecified atom stereocenters. The first-order valence-electron chi connectivity index (χ1n) is 11.7. The van der Waals surface area contributed by atoms with Crippen LogP contribution in [-0.4, -0.2) is 39.5 Å². The highest BCUT2D eigenvalue weighted by Gasteiger charge is 2.42. The number of hydrogen-bond acceptors (Lipinski definition) is 3. The molecule has 1 aliphatic rings. The third kappa shape index (κ3) is 4.72. The molecule has 1 aromatic heterocycles. The van der Waals surface area contributed by atoms with E-state index >= 15 is 0 Å². The summed E-state index contributed by atoms with van der Waals surface area (Å²) in [6.45, 7) is 13.6. The molecular formula is C27H37N3O2. The number of piperidine rings is 1. The van der Waals surface area contributed by atoms with Gasteiger partial charge in [-0.15, -0.1) is 0 Å². The molecule has 2 aromatic rings. The van der Waals surface area contributed by atoms with Gasteiger partial charge in [-0.1, -0.05) is 37.3 Å². The lowest BCUT2D eigenvalue weighted by Crippen LogP contribution is -2.48. The Morgan fingerprint density at radius 1 is 1.09 bits per heavy atom. The number of nitrogens with zero attached hydrogens (tertiary/aromatic N) is 3. The van der Waals surface area contributed by atoms with Gasteiger partial charge in [0.2, 0.25) is 5.91 Å². The summed E-state index contributed by atoms with van der Waals surface area (Å²) < 4.78 is 2.01. The quantitative estimate of drug-likeness (QED) is 0.586. The summed E-state index contributed by atoms with van der Waals surface area (Å²) in [6, 6.07) is 10.1. The molecule has 172 valence electrons. The summed E-state index contributed by atoms with van der Waals surface area (Å²) in [5.74, 6) is 0.298. The molecule has 0 spiro atoms. The number of hydrogen-bond donors (Lipinski definition) is 0. The molecule has 1 amide bonds. The lowest BCUT2D eigenvalue weighted by Gasteiger charge is -2.41. The average Bonchev–Trinajstić information content (AvgIpc) is 3.06. The Labute approximate surface area is 192 Å². The van der Waals surface area contributed by atoms with E-state index in [4.69, 9.17) is 0 Å². The number of ketones is 1. The van der Waals surface area contributed by atoms with Crippen molar-refractivity contribution in [1.82, 2.24) is 14.7 Å². The van der Waals surface area contributed by atoms with E-state index in [0.717, 1.165) is 28.9 Å². The lowest BCUT2D eigenvalue weighted by molar-refractivity contribution is -0.132. The van der Waals surface area contributed by atoms with E-state index in [-0.39, 0.29) is 11.4 Å². The third-order valence-corrected chi connectivity index (χ3v) is 6.64. The standard InChI is InChI=1S/C27H37N3O2/c1-7-11-24(31)27(22-12-9-8-10-13-22)16-18-29(19-17-27)25(32)15-14-23-20(2)28-30(21(23)3)26(4,5)6/h8-10,12-15H,7,11,16-19H2,1-6H3. The van der Waals surface area contributed by atoms with E-state index in [0.29, 0.717) is 38.1 Å². The fourth-order valence-corrected chi connectivity index (χ4v) is 4.87. The SMILES string of the molecule is CCCC(=O)C1(c2ccccc2)CCN(C(=O)C=Cc2c(C)nn(C(C)(C)C)c2C)CC1. The molecule has 0 bridgehead atoms. The minimum atomic E-state index is -0.473. The molecule has 1 aromatic carbocycles. The van der Waals surface area contributed by atoms with Crippen LogP contribution >= 0.6 is 0 Å². The monoisotopic (exact) mass is 435 g/mol. The van der Waals surface area contributed by atoms with Gasteiger partial charge in [-0.05, 0) is 65.5 Å². The summed E-state index contributed by atoms with van der Waals surface area (Å²) >= 11 is 0. The van der Waals surface area contributed by atoms with Gasteiger partial charge in [0.15, 0.2) is 0 Å². The molecular weight excluding hydrogens is 398 g/mol. The molecule has 1 aliphatic heterocycles. The zero-order valence-corrected chi connectivity index (χ0v) is 20.4. The van der Waals surface area contributed by atoms with Gasteiger partial charge in [-0.25, -0.2) is 0 Å². The van der Waals surface area contributed by atoms with Crippen LogP contribution in [-0.2, 0) is 20.5 Å². The summed E-state index contributed by atoms with van der Waals surface area (Å²) in [6.07, 6.45) is 6.33. The van der Waals surface area contributed by atoms with Crippen LogP contribution in [0, 0.1) is 13.8 Å². The van der Waals surface area contributed by atoms with E-state index in [9.17, 15) is 9.59 Å². The summed E-state index contributed by atoms with van der Waals surface area (Å²) in [5, 5.41) is 4.66. The zero-order valence-electron chi connectivity index (χ0n) is 20.4. The zero-order chi connectivity index (χ0) is 23.5. The smallest absolute Gasteiger partial charge is 0.246 e. The number of aryl methyl sites for hydroxylation is 1. The number of rotatable bonds is 6. The van der Waals surface area contributed by atoms with Gasteiger partial charge >= 0.3 is 0 Å². The molecule has 0 saturated carbocycles. The number of carbonyl (C=O) groups excluding carboxylic acids is 2. The molecule has 1 fully saturated rings. The normalized spacial score (nSPS) is 16.5. The van der Waals surface area contributed by atoms with Gasteiger partial charge in [-0.3, -0.25) is 14.3 Å². The summed E-state index contributed by atoms with van der Waals surface area (Å²) in [4.78, 5) is 28.0. The van der Waals surface area contributed by atoms with Crippen LogP contribution < -0.4 is 0 Å². The second-order valence-corrected chi connectivity index (χ2v) is 9.95. The van der Waals surface area contributed by atoms with E-state index < -0.39 is 5.41 Å². The molecule has 1 saturated heterocycles. The molecule has 0 aliphatic carbocycles. The number of carbonyl (C=O) groups is 2. The van der Waals surface area contributed by atoms with Crippen molar-refractivity contribution in [1.29, 1.82) is 0 Å². The number of amides is 1. The van der Waals surface area contributed by atoms with Crippen LogP contribution in [0.15, 0.2) is 36.4 Å². The maximum atomic E-state index is 13.1. The van der Waals surface area contributed by atoms with Gasteiger partial charge in [0.05, 0.1) is 16.6 Å². The van der Waals surface area contributed by atoms with E-state index in [1.807, 2.05) is 54.6 Å². The highest BCUT2D eigenvalue weighted by atomic mass is 16.2. The lowest BCUT2D eigenvalue weighted by atomic mass is 9.68. The second-order valence-electron chi connectivity index (χ2n) is 9.95. The maximum absolute atomic E-state index is 13.1. The van der Waals surface area contributed by atoms with Crippen LogP contribution in [0.4, 0.5) is 0 Å². The van der Waals surface area contributed by atoms with E-state index in [1.165, 1.54) is 0 Å². The minimum absolute atomic E-state index is 0.00286. The average molecular weight is 436 g/mol. The Morgan fingerprint density at radius 3 is 2.25 bits per heavy atom. The predicted octanol–water partition coefficient (Wildman–Crippen LogP) is 5.20. The fraction of sp³-hybridized carbons (Fsp3) is 0.519. The Morgan fingerprint density at radius 2 is 1.72 bits per heavy atom. The second kappa shape index (κ2) is 9.43. The van der Waals surface area contributed by atoms with Crippen molar-refractivity contribution in [3.8, 4) is 0 Å². The number of Topliss-reactive ketones (excluding diaryl/α,β-unsaturated/α-hetero) is 1. The predicted molar refractivity (Wildman–Crippen MR) is 130 cm³/mol.